The maximum Gasteiger partial charge on any atom is 0.183 e. The molecule has 0 atom stereocenters. The second-order valence-corrected chi connectivity index (χ2v) is 5.69. The highest BCUT2D eigenvalue weighted by atomic mass is 16.3. The molecule has 134 valence electrons. The fourth-order valence-electron chi connectivity index (χ4n) is 2.34. The largest absolute Gasteiger partial charge is 0.504 e. The third-order valence-corrected chi connectivity index (χ3v) is 3.23. The summed E-state index contributed by atoms with van der Waals surface area (Å²) in [6.07, 6.45) is 1.22. The van der Waals surface area contributed by atoms with Crippen molar-refractivity contribution in [2.75, 3.05) is 7.05 Å². The minimum Gasteiger partial charge on any atom is -0.504 e. The Bertz CT molecular complexity index is 787. The van der Waals surface area contributed by atoms with Gasteiger partial charge in [-0.3, -0.25) is 14.3 Å². The van der Waals surface area contributed by atoms with Gasteiger partial charge in [0, 0.05) is 33.5 Å². The Labute approximate surface area is 147 Å². The summed E-state index contributed by atoms with van der Waals surface area (Å²) in [6, 6.07) is 5.99. The fourth-order valence-corrected chi connectivity index (χ4v) is 2.34. The molecule has 0 amide bonds. The molecule has 1 aromatic carbocycles. The number of aromatic hydroxyl groups is 1. The van der Waals surface area contributed by atoms with Crippen LogP contribution in [0.5, 0.6) is 5.75 Å². The summed E-state index contributed by atoms with van der Waals surface area (Å²) in [7, 11) is 3.36. The molecule has 1 aromatic heterocycles. The molecule has 0 radical (unpaired) electrons. The number of ketones is 2. The van der Waals surface area contributed by atoms with Gasteiger partial charge < -0.3 is 10.5 Å². The topological polar surface area (TPSA) is 96.6 Å². The van der Waals surface area contributed by atoms with Crippen molar-refractivity contribution in [1.29, 1.82) is 0 Å². The van der Waals surface area contributed by atoms with E-state index in [1.165, 1.54) is 20.1 Å². The van der Waals surface area contributed by atoms with Crippen LogP contribution in [0.25, 0.3) is 11.3 Å². The first-order valence-corrected chi connectivity index (χ1v) is 7.73. The molecular formula is C18H24N4O3. The van der Waals surface area contributed by atoms with Crippen LogP contribution in [0.4, 0.5) is 0 Å². The monoisotopic (exact) mass is 344 g/mol. The molecule has 1 heterocycles. The van der Waals surface area contributed by atoms with Gasteiger partial charge in [-0.05, 0) is 26.0 Å². The van der Waals surface area contributed by atoms with E-state index < -0.39 is 0 Å². The van der Waals surface area contributed by atoms with Gasteiger partial charge in [-0.1, -0.05) is 17.2 Å². The van der Waals surface area contributed by atoms with Gasteiger partial charge in [0.05, 0.1) is 6.21 Å². The van der Waals surface area contributed by atoms with Crippen LogP contribution in [-0.2, 0) is 11.8 Å². The molecule has 2 aromatic rings. The Kier molecular flexibility index (Phi) is 7.05. The van der Waals surface area contributed by atoms with E-state index in [1.807, 2.05) is 26.0 Å². The molecule has 0 aliphatic heterocycles. The average molecular weight is 344 g/mol. The van der Waals surface area contributed by atoms with Crippen LogP contribution in [0.2, 0.25) is 0 Å². The second kappa shape index (κ2) is 8.77. The Morgan fingerprint density at radius 2 is 1.76 bits per heavy atom. The number of Topliss-reactive ketones (excluding diaryl/α,β-unsaturated/α-hetero) is 2. The number of nitrogens with zero attached hydrogens (tertiary/aromatic N) is 3. The molecule has 7 heteroatoms. The van der Waals surface area contributed by atoms with Crippen molar-refractivity contribution in [3.8, 4) is 17.0 Å². The fraction of sp³-hybridized carbons (Fsp3) is 0.333. The molecule has 7 nitrogen and oxygen atoms in total. The molecule has 0 fully saturated rings. The Balaban J connectivity index is 0.000000381. The first-order chi connectivity index (χ1) is 11.7. The summed E-state index contributed by atoms with van der Waals surface area (Å²) in [5.41, 5.74) is 6.22. The van der Waals surface area contributed by atoms with E-state index >= 15 is 0 Å². The zero-order valence-corrected chi connectivity index (χ0v) is 15.4. The molecule has 2 rings (SSSR count). The van der Waals surface area contributed by atoms with E-state index in [-0.39, 0.29) is 23.0 Å². The quantitative estimate of drug-likeness (QED) is 0.504. The number of aromatic nitrogens is 2. The van der Waals surface area contributed by atoms with E-state index in [9.17, 15) is 14.7 Å². The average Bonchev–Trinajstić information content (AvgIpc) is 2.80. The zero-order valence-electron chi connectivity index (χ0n) is 15.4. The minimum absolute atomic E-state index is 0.0463. The van der Waals surface area contributed by atoms with Crippen molar-refractivity contribution in [1.82, 2.24) is 15.2 Å². The number of carbonyl (C=O) groups excluding carboxylic acids is 2. The van der Waals surface area contributed by atoms with Crippen molar-refractivity contribution in [3.63, 3.8) is 0 Å². The number of aryl methyl sites for hydroxylation is 3. The van der Waals surface area contributed by atoms with Crippen molar-refractivity contribution >= 4 is 17.8 Å². The molecule has 0 saturated heterocycles. The van der Waals surface area contributed by atoms with Crippen LogP contribution in [0.3, 0.4) is 0 Å². The SMILES string of the molecule is CC(=O)c1nn(C)c(-c2cc(C)cc(C)c2)c1O.CNN=CC(C)=O. The number of hydrogen-bond donors (Lipinski definition) is 2. The predicted molar refractivity (Wildman–Crippen MR) is 98.0 cm³/mol. The molecular weight excluding hydrogens is 320 g/mol. The van der Waals surface area contributed by atoms with Gasteiger partial charge in [0.25, 0.3) is 0 Å². The first-order valence-electron chi connectivity index (χ1n) is 7.73. The third-order valence-electron chi connectivity index (χ3n) is 3.23. The maximum absolute atomic E-state index is 11.4. The molecule has 0 bridgehead atoms. The molecule has 0 aliphatic rings. The van der Waals surface area contributed by atoms with E-state index in [4.69, 9.17) is 0 Å². The van der Waals surface area contributed by atoms with Crippen LogP contribution in [0.15, 0.2) is 23.3 Å². The summed E-state index contributed by atoms with van der Waals surface area (Å²) in [5.74, 6) is -0.330. The molecule has 0 saturated carbocycles. The normalized spacial score (nSPS) is 10.3. The maximum atomic E-state index is 11.4. The van der Waals surface area contributed by atoms with Crippen molar-refractivity contribution in [2.45, 2.75) is 27.7 Å². The molecule has 0 aliphatic carbocycles. The van der Waals surface area contributed by atoms with Gasteiger partial charge >= 0.3 is 0 Å². The highest BCUT2D eigenvalue weighted by molar-refractivity contribution is 6.26. The molecule has 25 heavy (non-hydrogen) atoms. The van der Waals surface area contributed by atoms with E-state index in [0.717, 1.165) is 16.7 Å². The van der Waals surface area contributed by atoms with Crippen LogP contribution >= 0.6 is 0 Å². The Morgan fingerprint density at radius 1 is 1.20 bits per heavy atom. The molecule has 0 spiro atoms. The highest BCUT2D eigenvalue weighted by Crippen LogP contribution is 2.32. The second-order valence-electron chi connectivity index (χ2n) is 5.69. The lowest BCUT2D eigenvalue weighted by molar-refractivity contribution is -0.110. The van der Waals surface area contributed by atoms with Crippen LogP contribution in [-0.4, -0.2) is 39.7 Å². The molecule has 2 N–H and O–H groups in total. The number of carbonyl (C=O) groups is 2. The van der Waals surface area contributed by atoms with Gasteiger partial charge in [-0.15, -0.1) is 0 Å². The van der Waals surface area contributed by atoms with Gasteiger partial charge in [0.1, 0.15) is 5.69 Å². The van der Waals surface area contributed by atoms with Gasteiger partial charge in [-0.25, -0.2) is 0 Å². The number of nitrogens with one attached hydrogen (secondary N) is 1. The Morgan fingerprint density at radius 3 is 2.12 bits per heavy atom. The number of rotatable bonds is 4. The minimum atomic E-state index is -0.237. The summed E-state index contributed by atoms with van der Waals surface area (Å²) < 4.78 is 1.54. The van der Waals surface area contributed by atoms with Gasteiger partial charge in [0.2, 0.25) is 0 Å². The smallest absolute Gasteiger partial charge is 0.183 e. The standard InChI is InChI=1S/C14H16N2O2.C4H8N2O/c1-8-5-9(2)7-11(6-8)13-14(18)12(10(3)17)15-16(13)4;1-4(7)3-6-5-2/h5-7,18H,1-4H3;3,5H,1-2H3. The van der Waals surface area contributed by atoms with Crippen LogP contribution in [0, 0.1) is 13.8 Å². The predicted octanol–water partition coefficient (Wildman–Crippen LogP) is 2.39. The summed E-state index contributed by atoms with van der Waals surface area (Å²) in [6.45, 7) is 6.83. The van der Waals surface area contributed by atoms with E-state index in [0.29, 0.717) is 5.69 Å². The van der Waals surface area contributed by atoms with Crippen LogP contribution in [0.1, 0.15) is 35.5 Å². The lowest BCUT2D eigenvalue weighted by Gasteiger charge is -2.06. The van der Waals surface area contributed by atoms with Gasteiger partial charge in [0.15, 0.2) is 23.0 Å². The third kappa shape index (κ3) is 5.56. The summed E-state index contributed by atoms with van der Waals surface area (Å²) >= 11 is 0. The van der Waals surface area contributed by atoms with Gasteiger partial charge in [-0.2, -0.15) is 10.2 Å². The lowest BCUT2D eigenvalue weighted by Crippen LogP contribution is -1.98. The number of hydrazone groups is 1. The summed E-state index contributed by atoms with van der Waals surface area (Å²) in [5, 5.41) is 17.6. The molecule has 0 unspecified atom stereocenters. The lowest BCUT2D eigenvalue weighted by atomic mass is 10.0. The van der Waals surface area contributed by atoms with Crippen molar-refractivity contribution < 1.29 is 14.7 Å². The Hall–Kier alpha value is -2.96. The van der Waals surface area contributed by atoms with Crippen LogP contribution < -0.4 is 5.43 Å². The van der Waals surface area contributed by atoms with Crippen molar-refractivity contribution in [2.24, 2.45) is 12.1 Å². The number of benzene rings is 1. The number of hydrogen-bond acceptors (Lipinski definition) is 6. The van der Waals surface area contributed by atoms with Crippen molar-refractivity contribution in [3.05, 3.63) is 35.0 Å². The summed E-state index contributed by atoms with van der Waals surface area (Å²) in [4.78, 5) is 21.4. The van der Waals surface area contributed by atoms with E-state index in [1.54, 1.807) is 18.8 Å². The zero-order chi connectivity index (χ0) is 19.1. The first kappa shape index (κ1) is 20.1. The highest BCUT2D eigenvalue weighted by Gasteiger charge is 2.19. The van der Waals surface area contributed by atoms with E-state index in [2.05, 4.69) is 21.7 Å².